The van der Waals surface area contributed by atoms with E-state index in [1.54, 1.807) is 6.92 Å². The second kappa shape index (κ2) is 53.1. The Hall–Kier alpha value is -11.7. The number of ether oxygens (including phenoxy) is 4. The largest absolute Gasteiger partial charge is 0.481 e. The molecule has 28 N–H and O–H groups in total. The Labute approximate surface area is 633 Å². The summed E-state index contributed by atoms with van der Waals surface area (Å²) in [6, 6.07) is -14.9. The van der Waals surface area contributed by atoms with Crippen molar-refractivity contribution in [1.82, 2.24) is 112 Å². The summed E-state index contributed by atoms with van der Waals surface area (Å²) in [6.07, 6.45) is 0.754. The first kappa shape index (κ1) is 95.3. The van der Waals surface area contributed by atoms with Crippen LogP contribution in [0.15, 0.2) is 12.5 Å². The van der Waals surface area contributed by atoms with Crippen LogP contribution < -0.4 is 113 Å². The Morgan fingerprint density at radius 1 is 0.505 bits per heavy atom. The Morgan fingerprint density at radius 2 is 0.955 bits per heavy atom. The van der Waals surface area contributed by atoms with Gasteiger partial charge in [0.15, 0.2) is 0 Å². The number of hydrogen-bond donors (Lipinski definition) is 26. The quantitative estimate of drug-likeness (QED) is 0.0775. The molecule has 111 heavy (non-hydrogen) atoms. The molecule has 0 aliphatic carbocycles. The van der Waals surface area contributed by atoms with Gasteiger partial charge in [-0.15, -0.1) is 0 Å². The number of urea groups is 3. The van der Waals surface area contributed by atoms with Crippen molar-refractivity contribution < 1.29 is 130 Å². The highest BCUT2D eigenvalue weighted by atomic mass is 16.5. The van der Waals surface area contributed by atoms with Gasteiger partial charge >= 0.3 is 24.1 Å². The second-order valence-corrected chi connectivity index (χ2v) is 24.6. The van der Waals surface area contributed by atoms with E-state index in [9.17, 15) is 106 Å². The van der Waals surface area contributed by atoms with E-state index in [0.717, 1.165) is 0 Å². The van der Waals surface area contributed by atoms with Gasteiger partial charge in [-0.05, 0) is 38.5 Å². The lowest BCUT2D eigenvalue weighted by atomic mass is 10.0. The fourth-order valence-corrected chi connectivity index (χ4v) is 9.29. The van der Waals surface area contributed by atoms with E-state index in [1.165, 1.54) is 19.4 Å². The molecule has 3 aliphatic heterocycles. The molecule has 0 radical (unpaired) electrons. The maximum atomic E-state index is 12.7. The summed E-state index contributed by atoms with van der Waals surface area (Å²) in [5.74, 6) is -13.2. The number of aliphatic hydroxyl groups is 3. The van der Waals surface area contributed by atoms with Gasteiger partial charge in [-0.2, -0.15) is 0 Å². The van der Waals surface area contributed by atoms with Crippen LogP contribution in [0.1, 0.15) is 91.2 Å². The van der Waals surface area contributed by atoms with Gasteiger partial charge < -0.3 is 125 Å². The Balaban J connectivity index is 0.000000567. The van der Waals surface area contributed by atoms with Crippen molar-refractivity contribution in [2.45, 2.75) is 152 Å². The van der Waals surface area contributed by atoms with Crippen molar-refractivity contribution in [2.75, 3.05) is 92.2 Å². The standard InChI is InChI=1S/C22H38N8O9.C20H30N8O10.C19H33N7O8/c1-3-16(34)25-12-6-4-5-7-24-21(38)18(11(2)32)28-22(39)27-13(9-15(23)33)19(36)29-30-20(37)14(10-31)26-17(35)8-12;29-8-14-17(33)22-1-2-37-3-4-38-9-15(30)24-12(5-11-7-21-10-23-11)18(34)27-28-19(35)13(6-16(31)32)25-20(36)26-14;1-11(2)7-12-17(30)25-26-18(31)13(8-14(20)27)24-19(32)22-9-15(28)21-3-4-33-5-6-34-10-16(29)23-12/h11-14,18,31-32H,3-10H2,1-2H3,(H2,23,33)(H,24,38)(H,25,34)(H,26,35)(H,29,36)(H,30,37)(H2,27,28,39);7,10,12-14,29H,1-6,8-9H2,(H,21,23)(H,22,33)(H,24,30)(H,27,34)(H,28,35)(H,31,32)(H2,25,26,36);11-13H,3-10H2,1-2H3,(H2,20,27)(H,21,28)(H,23,29)(H,25,30)(H,26,31)(H2,22,24,32)/t11?,12?,13-,14-,18-;12-,13-,14-;12-,13-/m000/s1. The van der Waals surface area contributed by atoms with Crippen LogP contribution in [-0.2, 0) is 102 Å². The lowest BCUT2D eigenvalue weighted by Crippen LogP contribution is -2.60. The molecule has 10 atom stereocenters. The Kier molecular flexibility index (Phi) is 45.6. The molecule has 4 rings (SSSR count). The van der Waals surface area contributed by atoms with E-state index in [1.807, 2.05) is 30.1 Å². The number of nitrogens with two attached hydrogens (primary N) is 2. The smallest absolute Gasteiger partial charge is 0.316 e. The zero-order valence-corrected chi connectivity index (χ0v) is 61.3. The summed E-state index contributed by atoms with van der Waals surface area (Å²) in [5, 5.41) is 68.6. The van der Waals surface area contributed by atoms with Gasteiger partial charge in [0.25, 0.3) is 35.4 Å². The number of hydrazine groups is 3. The number of rotatable bonds is 15. The van der Waals surface area contributed by atoms with E-state index >= 15 is 0 Å². The molecule has 21 amide bonds. The molecule has 1 aromatic rings. The Bertz CT molecular complexity index is 3300. The van der Waals surface area contributed by atoms with Crippen LogP contribution in [0.3, 0.4) is 0 Å². The first-order valence-corrected chi connectivity index (χ1v) is 34.6. The van der Waals surface area contributed by atoms with Gasteiger partial charge in [-0.3, -0.25) is 109 Å². The number of aliphatic carboxylic acids is 1. The maximum Gasteiger partial charge on any atom is 0.316 e. The molecule has 3 fully saturated rings. The summed E-state index contributed by atoms with van der Waals surface area (Å²) in [6.45, 7) is 4.80. The summed E-state index contributed by atoms with van der Waals surface area (Å²) < 4.78 is 20.9. The molecule has 50 heteroatoms. The molecular weight excluding hydrogens is 1490 g/mol. The van der Waals surface area contributed by atoms with Gasteiger partial charge in [-0.25, -0.2) is 19.4 Å². The van der Waals surface area contributed by atoms with Gasteiger partial charge in [-0.1, -0.05) is 20.8 Å². The number of nitrogens with one attached hydrogen (secondary N) is 20. The van der Waals surface area contributed by atoms with Crippen LogP contribution in [0.2, 0.25) is 0 Å². The first-order valence-electron chi connectivity index (χ1n) is 34.6. The summed E-state index contributed by atoms with van der Waals surface area (Å²) >= 11 is 0. The number of nitrogens with zero attached hydrogens (tertiary/aromatic N) is 1. The van der Waals surface area contributed by atoms with E-state index < -0.39 is 213 Å². The van der Waals surface area contributed by atoms with Crippen molar-refractivity contribution >= 4 is 113 Å². The molecule has 4 heterocycles. The minimum Gasteiger partial charge on any atom is -0.481 e. The van der Waals surface area contributed by atoms with E-state index in [2.05, 4.69) is 95.4 Å². The number of aliphatic hydroxyl groups excluding tert-OH is 3. The van der Waals surface area contributed by atoms with Crippen molar-refractivity contribution in [2.24, 2.45) is 17.4 Å². The van der Waals surface area contributed by atoms with Crippen molar-refractivity contribution in [3.8, 4) is 0 Å². The SMILES string of the molecule is CC(C)C[C@@H]1NC(=O)COCCOCCNC(=O)CNC(=O)N[C@@H](CC(N)=O)C(=O)NNC1=O.CCC(=O)NC1CCCCNC(=O)[C@H](C(C)O)NC(=O)N[C@@H](CC(N)=O)C(=O)NNC(=O)[C@H](CO)NC(=O)C1.O=C(O)C[C@@H]1NC(=O)N[C@@H](CO)C(=O)NCCOCCOCC(=O)N[C@@H](Cc2cnc[nH]2)C(=O)NNC1=O. The number of amides is 21. The number of imidazole rings is 1. The normalized spacial score (nSPS) is 23.9. The molecule has 1 aromatic heterocycles. The number of carbonyl (C=O) groups excluding carboxylic acids is 18. The maximum absolute atomic E-state index is 12.7. The molecule has 0 saturated carbocycles. The molecule has 2 unspecified atom stereocenters. The fourth-order valence-electron chi connectivity index (χ4n) is 9.29. The van der Waals surface area contributed by atoms with E-state index in [4.69, 9.17) is 35.5 Å². The van der Waals surface area contributed by atoms with Crippen LogP contribution in [0.5, 0.6) is 0 Å². The van der Waals surface area contributed by atoms with Gasteiger partial charge in [0, 0.05) is 56.8 Å². The zero-order valence-electron chi connectivity index (χ0n) is 61.3. The van der Waals surface area contributed by atoms with Gasteiger partial charge in [0.05, 0.1) is 91.1 Å². The van der Waals surface area contributed by atoms with Crippen LogP contribution in [0.25, 0.3) is 0 Å². The average Bonchev–Trinajstić information content (AvgIpc) is 1.87. The third kappa shape index (κ3) is 42.0. The predicted molar refractivity (Wildman–Crippen MR) is 374 cm³/mol. The fraction of sp³-hybridized carbons (Fsp3) is 0.639. The number of primary amides is 2. The number of hydrogen-bond acceptors (Lipinski definition) is 27. The molecule has 50 nitrogen and oxygen atoms in total. The average molecular weight is 1590 g/mol. The number of carbonyl (C=O) groups is 19. The zero-order chi connectivity index (χ0) is 83.0. The van der Waals surface area contributed by atoms with E-state index in [0.29, 0.717) is 25.0 Å². The number of aromatic amines is 1. The molecular formula is C61H101N23O27. The second-order valence-electron chi connectivity index (χ2n) is 24.6. The summed E-state index contributed by atoms with van der Waals surface area (Å²) in [7, 11) is 0. The molecule has 0 spiro atoms. The number of carboxylic acids is 1. The minimum absolute atomic E-state index is 0.0201. The third-order valence-electron chi connectivity index (χ3n) is 14.8. The topological polar surface area (TPSA) is 751 Å². The number of carboxylic acid groups (broad SMARTS) is 1. The van der Waals surface area contributed by atoms with Crippen LogP contribution >= 0.6 is 0 Å². The predicted octanol–water partition coefficient (Wildman–Crippen LogP) is -12.9. The molecule has 0 aromatic carbocycles. The number of aromatic nitrogens is 2. The van der Waals surface area contributed by atoms with Gasteiger partial charge in [0.2, 0.25) is 53.2 Å². The first-order chi connectivity index (χ1) is 52.6. The highest BCUT2D eigenvalue weighted by Crippen LogP contribution is 2.09. The monoisotopic (exact) mass is 1590 g/mol. The highest BCUT2D eigenvalue weighted by molar-refractivity contribution is 5.98. The Morgan fingerprint density at radius 3 is 1.45 bits per heavy atom. The van der Waals surface area contributed by atoms with E-state index in [-0.39, 0.29) is 103 Å². The van der Waals surface area contributed by atoms with Crippen LogP contribution in [0, 0.1) is 5.92 Å². The van der Waals surface area contributed by atoms with Crippen molar-refractivity contribution in [3.05, 3.63) is 18.2 Å². The van der Waals surface area contributed by atoms with Crippen molar-refractivity contribution in [1.29, 1.82) is 0 Å². The molecule has 3 saturated heterocycles. The lowest BCUT2D eigenvalue weighted by Gasteiger charge is -2.24. The summed E-state index contributed by atoms with van der Waals surface area (Å²) in [4.78, 5) is 238. The third-order valence-corrected chi connectivity index (χ3v) is 14.8. The van der Waals surface area contributed by atoms with Gasteiger partial charge in [0.1, 0.15) is 61.5 Å². The molecule has 0 bridgehead atoms. The lowest BCUT2D eigenvalue weighted by molar-refractivity contribution is -0.140. The number of H-pyrrole nitrogens is 1. The van der Waals surface area contributed by atoms with Crippen LogP contribution in [0.4, 0.5) is 14.4 Å². The minimum atomic E-state index is -1.69. The van der Waals surface area contributed by atoms with Crippen LogP contribution in [-0.4, -0.2) is 296 Å². The summed E-state index contributed by atoms with van der Waals surface area (Å²) in [5.41, 5.74) is 23.0. The highest BCUT2D eigenvalue weighted by Gasteiger charge is 2.33. The van der Waals surface area contributed by atoms with Crippen molar-refractivity contribution in [3.63, 3.8) is 0 Å². The molecule has 622 valence electrons. The molecule has 3 aliphatic rings.